The first-order valence-electron chi connectivity index (χ1n) is 9.60. The maximum absolute atomic E-state index is 13.0. The summed E-state index contributed by atoms with van der Waals surface area (Å²) >= 11 is 0. The summed E-state index contributed by atoms with van der Waals surface area (Å²) in [6, 6.07) is 7.87. The van der Waals surface area contributed by atoms with Gasteiger partial charge in [0.25, 0.3) is 0 Å². The molecule has 1 unspecified atom stereocenters. The van der Waals surface area contributed by atoms with E-state index in [-0.39, 0.29) is 12.1 Å². The van der Waals surface area contributed by atoms with Gasteiger partial charge in [-0.25, -0.2) is 9.48 Å². The van der Waals surface area contributed by atoms with Crippen LogP contribution >= 0.6 is 0 Å². The predicted octanol–water partition coefficient (Wildman–Crippen LogP) is 2.64. The Kier molecular flexibility index (Phi) is 5.31. The molecule has 2 aromatic heterocycles. The van der Waals surface area contributed by atoms with Gasteiger partial charge in [0.05, 0.1) is 5.69 Å². The van der Waals surface area contributed by atoms with E-state index < -0.39 is 0 Å². The van der Waals surface area contributed by atoms with Crippen LogP contribution in [0, 0.1) is 6.92 Å². The molecule has 146 valence electrons. The minimum Gasteiger partial charge on any atom is -0.321 e. The first kappa shape index (κ1) is 18.1. The van der Waals surface area contributed by atoms with Gasteiger partial charge in [0, 0.05) is 37.2 Å². The van der Waals surface area contributed by atoms with Crippen molar-refractivity contribution in [2.75, 3.05) is 11.9 Å². The molecule has 3 aromatic rings. The average Bonchev–Trinajstić information content (AvgIpc) is 3.42. The standard InChI is InChI=1S/C19H24N8O/c1-15-6-7-17(27-14-20-23-24-27)13-18(15)22-19(28)26-11-3-2-5-16(26)8-12-25-10-4-9-21-25/h4,6-7,9-10,13-14,16H,2-3,5,8,11-12H2,1H3,(H,22,28). The molecule has 9 nitrogen and oxygen atoms in total. The molecule has 1 atom stereocenters. The van der Waals surface area contributed by atoms with Gasteiger partial charge in [-0.2, -0.15) is 5.10 Å². The predicted molar refractivity (Wildman–Crippen MR) is 104 cm³/mol. The molecule has 1 aliphatic rings. The van der Waals surface area contributed by atoms with Crippen molar-refractivity contribution < 1.29 is 4.79 Å². The van der Waals surface area contributed by atoms with Gasteiger partial charge in [-0.15, -0.1) is 5.10 Å². The van der Waals surface area contributed by atoms with E-state index >= 15 is 0 Å². The number of tetrazole rings is 1. The lowest BCUT2D eigenvalue weighted by Gasteiger charge is -2.36. The Morgan fingerprint density at radius 1 is 1.32 bits per heavy atom. The first-order valence-corrected chi connectivity index (χ1v) is 9.60. The Labute approximate surface area is 163 Å². The van der Waals surface area contributed by atoms with Crippen LogP contribution < -0.4 is 5.32 Å². The van der Waals surface area contributed by atoms with Crippen molar-refractivity contribution in [1.29, 1.82) is 0 Å². The molecule has 4 rings (SSSR count). The Morgan fingerprint density at radius 2 is 2.25 bits per heavy atom. The third-order valence-corrected chi connectivity index (χ3v) is 5.21. The number of nitrogens with zero attached hydrogens (tertiary/aromatic N) is 7. The Bertz CT molecular complexity index is 906. The molecule has 1 N–H and O–H groups in total. The summed E-state index contributed by atoms with van der Waals surface area (Å²) < 4.78 is 3.49. The number of aromatic nitrogens is 6. The molecule has 0 aliphatic carbocycles. The normalized spacial score (nSPS) is 16.9. The van der Waals surface area contributed by atoms with Crippen LogP contribution in [0.5, 0.6) is 0 Å². The molecule has 9 heteroatoms. The number of nitrogens with one attached hydrogen (secondary N) is 1. The molecule has 1 fully saturated rings. The number of hydrogen-bond donors (Lipinski definition) is 1. The molecule has 0 bridgehead atoms. The van der Waals surface area contributed by atoms with Crippen molar-refractivity contribution in [3.05, 3.63) is 48.5 Å². The van der Waals surface area contributed by atoms with E-state index in [1.165, 1.54) is 6.33 Å². The summed E-state index contributed by atoms with van der Waals surface area (Å²) in [6.07, 6.45) is 9.40. The van der Waals surface area contributed by atoms with E-state index in [0.29, 0.717) is 0 Å². The van der Waals surface area contributed by atoms with Crippen molar-refractivity contribution >= 4 is 11.7 Å². The number of rotatable bonds is 5. The highest BCUT2D eigenvalue weighted by Gasteiger charge is 2.27. The SMILES string of the molecule is Cc1ccc(-n2cnnn2)cc1NC(=O)N1CCCCC1CCn1cccn1. The molecular formula is C19H24N8O. The molecule has 1 aromatic carbocycles. The summed E-state index contributed by atoms with van der Waals surface area (Å²) in [5.41, 5.74) is 2.57. The van der Waals surface area contributed by atoms with Crippen LogP contribution in [0.2, 0.25) is 0 Å². The lowest BCUT2D eigenvalue weighted by atomic mass is 10.00. The summed E-state index contributed by atoms with van der Waals surface area (Å²) in [6.45, 7) is 3.57. The van der Waals surface area contributed by atoms with E-state index in [1.54, 1.807) is 10.9 Å². The fraction of sp³-hybridized carbons (Fsp3) is 0.421. The smallest absolute Gasteiger partial charge is 0.321 e. The van der Waals surface area contributed by atoms with Gasteiger partial charge in [-0.1, -0.05) is 6.07 Å². The molecule has 1 aliphatic heterocycles. The maximum Gasteiger partial charge on any atom is 0.322 e. The largest absolute Gasteiger partial charge is 0.322 e. The van der Waals surface area contributed by atoms with E-state index in [1.807, 2.05) is 47.0 Å². The highest BCUT2D eigenvalue weighted by atomic mass is 16.2. The van der Waals surface area contributed by atoms with Gasteiger partial charge >= 0.3 is 6.03 Å². The maximum atomic E-state index is 13.0. The van der Waals surface area contributed by atoms with Crippen LogP contribution in [-0.4, -0.2) is 53.5 Å². The van der Waals surface area contributed by atoms with E-state index in [2.05, 4.69) is 25.9 Å². The van der Waals surface area contributed by atoms with Crippen molar-refractivity contribution in [2.45, 2.75) is 45.2 Å². The number of aryl methyl sites for hydroxylation is 2. The third kappa shape index (κ3) is 4.03. The number of anilines is 1. The quantitative estimate of drug-likeness (QED) is 0.734. The number of amides is 2. The molecule has 2 amide bonds. The average molecular weight is 380 g/mol. The number of benzene rings is 1. The van der Waals surface area contributed by atoms with Crippen molar-refractivity contribution in [1.82, 2.24) is 34.9 Å². The lowest BCUT2D eigenvalue weighted by molar-refractivity contribution is 0.154. The van der Waals surface area contributed by atoms with Gasteiger partial charge in [0.1, 0.15) is 6.33 Å². The Morgan fingerprint density at radius 3 is 3.04 bits per heavy atom. The van der Waals surface area contributed by atoms with Crippen molar-refractivity contribution in [3.63, 3.8) is 0 Å². The fourth-order valence-electron chi connectivity index (χ4n) is 3.64. The highest BCUT2D eigenvalue weighted by Crippen LogP contribution is 2.24. The first-order chi connectivity index (χ1) is 13.7. The van der Waals surface area contributed by atoms with Crippen LogP contribution in [0.1, 0.15) is 31.2 Å². The molecule has 0 radical (unpaired) electrons. The van der Waals surface area contributed by atoms with Crippen LogP contribution in [0.25, 0.3) is 5.69 Å². The zero-order valence-corrected chi connectivity index (χ0v) is 15.9. The fourth-order valence-corrected chi connectivity index (χ4v) is 3.64. The number of urea groups is 1. The van der Waals surface area contributed by atoms with Gasteiger partial charge < -0.3 is 10.2 Å². The minimum atomic E-state index is -0.0536. The minimum absolute atomic E-state index is 0.0536. The molecular weight excluding hydrogens is 356 g/mol. The second-order valence-corrected chi connectivity index (χ2v) is 7.08. The molecule has 3 heterocycles. The van der Waals surface area contributed by atoms with Gasteiger partial charge in [-0.05, 0) is 66.8 Å². The number of likely N-dealkylation sites (tertiary alicyclic amines) is 1. The number of carbonyl (C=O) groups excluding carboxylic acids is 1. The third-order valence-electron chi connectivity index (χ3n) is 5.21. The second kappa shape index (κ2) is 8.20. The van der Waals surface area contributed by atoms with Crippen LogP contribution in [0.3, 0.4) is 0 Å². The summed E-state index contributed by atoms with van der Waals surface area (Å²) in [4.78, 5) is 15.0. The van der Waals surface area contributed by atoms with Crippen LogP contribution in [0.15, 0.2) is 43.0 Å². The van der Waals surface area contributed by atoms with Crippen LogP contribution in [-0.2, 0) is 6.54 Å². The number of piperidine rings is 1. The monoisotopic (exact) mass is 380 g/mol. The Hall–Kier alpha value is -3.23. The molecule has 28 heavy (non-hydrogen) atoms. The summed E-state index contributed by atoms with van der Waals surface area (Å²) in [5.74, 6) is 0. The zero-order chi connectivity index (χ0) is 19.3. The molecule has 0 saturated carbocycles. The zero-order valence-electron chi connectivity index (χ0n) is 15.9. The van der Waals surface area contributed by atoms with Crippen molar-refractivity contribution in [2.24, 2.45) is 0 Å². The van der Waals surface area contributed by atoms with Gasteiger partial charge in [-0.3, -0.25) is 4.68 Å². The lowest BCUT2D eigenvalue weighted by Crippen LogP contribution is -2.46. The second-order valence-electron chi connectivity index (χ2n) is 7.08. The summed E-state index contributed by atoms with van der Waals surface area (Å²) in [5, 5.41) is 18.6. The highest BCUT2D eigenvalue weighted by molar-refractivity contribution is 5.90. The molecule has 1 saturated heterocycles. The Balaban J connectivity index is 1.46. The van der Waals surface area contributed by atoms with E-state index in [0.717, 1.165) is 55.7 Å². The van der Waals surface area contributed by atoms with E-state index in [4.69, 9.17) is 0 Å². The van der Waals surface area contributed by atoms with Crippen LogP contribution in [0.4, 0.5) is 10.5 Å². The topological polar surface area (TPSA) is 93.8 Å². The number of hydrogen-bond acceptors (Lipinski definition) is 5. The van der Waals surface area contributed by atoms with Gasteiger partial charge in [0.15, 0.2) is 0 Å². The van der Waals surface area contributed by atoms with Gasteiger partial charge in [0.2, 0.25) is 0 Å². The molecule has 0 spiro atoms. The van der Waals surface area contributed by atoms with Crippen molar-refractivity contribution in [3.8, 4) is 5.69 Å². The summed E-state index contributed by atoms with van der Waals surface area (Å²) in [7, 11) is 0. The van der Waals surface area contributed by atoms with E-state index in [9.17, 15) is 4.79 Å². The number of carbonyl (C=O) groups is 1.